The fraction of sp³-hybridized carbons (Fsp3) is 0.100. The lowest BCUT2D eigenvalue weighted by Crippen LogP contribution is -2.30. The molecule has 0 amide bonds. The van der Waals surface area contributed by atoms with Gasteiger partial charge in [0.1, 0.15) is 7.05 Å². The van der Waals surface area contributed by atoms with Crippen molar-refractivity contribution in [1.29, 1.82) is 0 Å². The maximum Gasteiger partial charge on any atom is 0.213 e. The first-order valence-electron chi connectivity index (χ1n) is 11.1. The Morgan fingerprint density at radius 1 is 0.719 bits per heavy atom. The lowest BCUT2D eigenvalue weighted by Gasteiger charge is -2.12. The molecule has 0 aliphatic rings. The molecule has 0 N–H and O–H groups in total. The zero-order valence-electron chi connectivity index (χ0n) is 18.6. The Kier molecular flexibility index (Phi) is 4.16. The number of aromatic nitrogens is 2. The van der Waals surface area contributed by atoms with Gasteiger partial charge in [0.05, 0.1) is 11.1 Å². The molecule has 2 heterocycles. The molecule has 2 heteroatoms. The zero-order chi connectivity index (χ0) is 21.8. The molecule has 0 aliphatic heterocycles. The Hall–Kier alpha value is -3.91. The first-order chi connectivity index (χ1) is 15.6. The number of hydrogen-bond acceptors (Lipinski definition) is 0. The average molecular weight is 414 g/mol. The van der Waals surface area contributed by atoms with Crippen LogP contribution in [0.4, 0.5) is 0 Å². The first kappa shape index (κ1) is 18.8. The third-order valence-electron chi connectivity index (χ3n) is 6.78. The van der Waals surface area contributed by atoms with E-state index in [0.717, 1.165) is 0 Å². The number of para-hydroxylation sites is 2. The Morgan fingerprint density at radius 3 is 2.41 bits per heavy atom. The number of hydrogen-bond donors (Lipinski definition) is 0. The maximum absolute atomic E-state index is 2.34. The van der Waals surface area contributed by atoms with E-state index < -0.39 is 0 Å². The van der Waals surface area contributed by atoms with E-state index in [1.807, 2.05) is 0 Å². The molecule has 6 aromatic rings. The lowest BCUT2D eigenvalue weighted by atomic mass is 9.93. The van der Waals surface area contributed by atoms with E-state index in [9.17, 15) is 0 Å². The molecular weight excluding hydrogens is 388 g/mol. The van der Waals surface area contributed by atoms with E-state index >= 15 is 0 Å². The van der Waals surface area contributed by atoms with Gasteiger partial charge in [-0.15, -0.1) is 0 Å². The summed E-state index contributed by atoms with van der Waals surface area (Å²) in [4.78, 5) is 0. The summed E-state index contributed by atoms with van der Waals surface area (Å²) < 4.78 is 4.53. The Labute approximate surface area is 188 Å². The molecule has 0 bridgehead atoms. The van der Waals surface area contributed by atoms with Crippen molar-refractivity contribution >= 4 is 32.6 Å². The number of nitrogens with zero attached hydrogens (tertiary/aromatic N) is 2. The van der Waals surface area contributed by atoms with E-state index in [2.05, 4.69) is 127 Å². The second-order valence-corrected chi connectivity index (χ2v) is 8.67. The molecule has 0 spiro atoms. The van der Waals surface area contributed by atoms with Crippen molar-refractivity contribution in [1.82, 2.24) is 4.57 Å². The summed E-state index contributed by atoms with van der Waals surface area (Å²) in [6, 6.07) is 33.1. The minimum atomic E-state index is 1.24. The van der Waals surface area contributed by atoms with E-state index in [0.29, 0.717) is 0 Å². The highest BCUT2D eigenvalue weighted by atomic mass is 14.9. The average Bonchev–Trinajstić information content (AvgIpc) is 3.12. The van der Waals surface area contributed by atoms with E-state index in [4.69, 9.17) is 0 Å². The SMILES string of the molecule is Cc1ccc2cc(-c3cccc4c5ccccc5n(C)c34)ccc2c1-c1cccc[n+]1C. The van der Waals surface area contributed by atoms with Crippen LogP contribution in [0, 0.1) is 6.92 Å². The minimum Gasteiger partial charge on any atom is -0.343 e. The van der Waals surface area contributed by atoms with Gasteiger partial charge in [0.15, 0.2) is 6.20 Å². The number of pyridine rings is 1. The van der Waals surface area contributed by atoms with E-state index in [1.54, 1.807) is 0 Å². The van der Waals surface area contributed by atoms with Crippen molar-refractivity contribution in [2.45, 2.75) is 6.92 Å². The van der Waals surface area contributed by atoms with Gasteiger partial charge in [0.2, 0.25) is 5.69 Å². The molecule has 0 aliphatic carbocycles. The van der Waals surface area contributed by atoms with Crippen molar-refractivity contribution in [3.63, 3.8) is 0 Å². The molecule has 0 fully saturated rings. The van der Waals surface area contributed by atoms with Gasteiger partial charge >= 0.3 is 0 Å². The van der Waals surface area contributed by atoms with Gasteiger partial charge < -0.3 is 4.57 Å². The molecule has 2 nitrogen and oxygen atoms in total. The number of benzene rings is 4. The first-order valence-corrected chi connectivity index (χ1v) is 11.1. The fourth-order valence-electron chi connectivity index (χ4n) is 5.20. The predicted octanol–water partition coefficient (Wildman–Crippen LogP) is 6.95. The van der Waals surface area contributed by atoms with Crippen LogP contribution >= 0.6 is 0 Å². The molecule has 0 atom stereocenters. The van der Waals surface area contributed by atoms with Crippen LogP contribution in [0.25, 0.3) is 55.0 Å². The summed E-state index contributed by atoms with van der Waals surface area (Å²) >= 11 is 0. The van der Waals surface area contributed by atoms with Crippen molar-refractivity contribution < 1.29 is 4.57 Å². The highest BCUT2D eigenvalue weighted by molar-refractivity contribution is 6.13. The van der Waals surface area contributed by atoms with Gasteiger partial charge in [-0.2, -0.15) is 0 Å². The van der Waals surface area contributed by atoms with Crippen LogP contribution in [0.1, 0.15) is 5.56 Å². The number of rotatable bonds is 2. The topological polar surface area (TPSA) is 8.81 Å². The molecule has 6 rings (SSSR count). The van der Waals surface area contributed by atoms with Crippen molar-refractivity contribution in [2.75, 3.05) is 0 Å². The number of aryl methyl sites for hydroxylation is 3. The van der Waals surface area contributed by atoms with Crippen LogP contribution in [0.15, 0.2) is 97.2 Å². The summed E-state index contributed by atoms with van der Waals surface area (Å²) in [5.74, 6) is 0. The van der Waals surface area contributed by atoms with Crippen LogP contribution in [0.3, 0.4) is 0 Å². The summed E-state index contributed by atoms with van der Waals surface area (Å²) in [6.07, 6.45) is 2.11. The molecule has 32 heavy (non-hydrogen) atoms. The summed E-state index contributed by atoms with van der Waals surface area (Å²) in [5.41, 5.74) is 8.92. The third kappa shape index (κ3) is 2.69. The van der Waals surface area contributed by atoms with Gasteiger partial charge in [-0.25, -0.2) is 4.57 Å². The quantitative estimate of drug-likeness (QED) is 0.272. The molecule has 0 saturated carbocycles. The van der Waals surface area contributed by atoms with E-state index in [1.165, 1.54) is 60.5 Å². The maximum atomic E-state index is 2.34. The molecule has 0 radical (unpaired) electrons. The summed E-state index contributed by atoms with van der Waals surface area (Å²) in [6.45, 7) is 2.20. The normalized spacial score (nSPS) is 11.6. The van der Waals surface area contributed by atoms with Crippen molar-refractivity contribution in [2.24, 2.45) is 14.1 Å². The second-order valence-electron chi connectivity index (χ2n) is 8.67. The van der Waals surface area contributed by atoms with Gasteiger partial charge in [0, 0.05) is 41.0 Å². The molecule has 4 aromatic carbocycles. The van der Waals surface area contributed by atoms with Gasteiger partial charge in [-0.1, -0.05) is 60.7 Å². The second kappa shape index (κ2) is 7.06. The fourth-order valence-corrected chi connectivity index (χ4v) is 5.20. The highest BCUT2D eigenvalue weighted by Crippen LogP contribution is 2.37. The predicted molar refractivity (Wildman–Crippen MR) is 135 cm³/mol. The van der Waals surface area contributed by atoms with Crippen molar-refractivity contribution in [3.8, 4) is 22.4 Å². The minimum absolute atomic E-state index is 1.24. The molecular formula is C30H25N2+. The monoisotopic (exact) mass is 413 g/mol. The van der Waals surface area contributed by atoms with Gasteiger partial charge in [-0.05, 0) is 47.0 Å². The molecule has 2 aromatic heterocycles. The zero-order valence-corrected chi connectivity index (χ0v) is 18.6. The van der Waals surface area contributed by atoms with Crippen LogP contribution in [-0.2, 0) is 14.1 Å². The molecule has 0 saturated heterocycles. The standard InChI is InChI=1S/C30H25N2/c1-20-14-15-21-19-22(16-17-23(21)29(20)28-13-6-7-18-31(28)2)24-10-8-11-26-25-9-4-5-12-27(25)32(3)30(24)26/h4-19H,1-3H3/q+1. The van der Waals surface area contributed by atoms with Gasteiger partial charge in [0.25, 0.3) is 0 Å². The molecule has 0 unspecified atom stereocenters. The van der Waals surface area contributed by atoms with Crippen LogP contribution in [-0.4, -0.2) is 4.57 Å². The Balaban J connectivity index is 1.62. The summed E-state index contributed by atoms with van der Waals surface area (Å²) in [5, 5.41) is 5.17. The van der Waals surface area contributed by atoms with Gasteiger partial charge in [-0.3, -0.25) is 0 Å². The van der Waals surface area contributed by atoms with Crippen LogP contribution in [0.2, 0.25) is 0 Å². The highest BCUT2D eigenvalue weighted by Gasteiger charge is 2.17. The summed E-state index contributed by atoms with van der Waals surface area (Å²) in [7, 11) is 4.29. The molecule has 154 valence electrons. The van der Waals surface area contributed by atoms with Crippen LogP contribution < -0.4 is 4.57 Å². The number of fused-ring (bicyclic) bond motifs is 4. The lowest BCUT2D eigenvalue weighted by molar-refractivity contribution is -0.660. The largest absolute Gasteiger partial charge is 0.343 e. The van der Waals surface area contributed by atoms with E-state index in [-0.39, 0.29) is 0 Å². The van der Waals surface area contributed by atoms with Crippen LogP contribution in [0.5, 0.6) is 0 Å². The Morgan fingerprint density at radius 2 is 1.53 bits per heavy atom. The van der Waals surface area contributed by atoms with Crippen molar-refractivity contribution in [3.05, 3.63) is 103 Å². The third-order valence-corrected chi connectivity index (χ3v) is 6.78. The Bertz CT molecular complexity index is 1650. The smallest absolute Gasteiger partial charge is 0.213 e.